The highest BCUT2D eigenvalue weighted by atomic mass is 79.9. The topological polar surface area (TPSA) is 77.4 Å². The predicted molar refractivity (Wildman–Crippen MR) is 133 cm³/mol. The molecular weight excluding hydrogens is 528 g/mol. The van der Waals surface area contributed by atoms with Crippen LogP contribution in [-0.2, 0) is 4.79 Å². The summed E-state index contributed by atoms with van der Waals surface area (Å²) in [6.07, 6.45) is 1.11. The van der Waals surface area contributed by atoms with Crippen molar-refractivity contribution in [2.45, 2.75) is 24.7 Å². The lowest BCUT2D eigenvalue weighted by molar-refractivity contribution is -0.120. The summed E-state index contributed by atoms with van der Waals surface area (Å²) in [5.74, 6) is 1.24. The van der Waals surface area contributed by atoms with E-state index >= 15 is 0 Å². The summed E-state index contributed by atoms with van der Waals surface area (Å²) >= 11 is 11.3. The molecule has 0 saturated carbocycles. The number of benzene rings is 2. The van der Waals surface area contributed by atoms with Gasteiger partial charge in [-0.2, -0.15) is 4.98 Å². The zero-order valence-corrected chi connectivity index (χ0v) is 21.1. The van der Waals surface area contributed by atoms with E-state index in [1.165, 1.54) is 11.8 Å². The van der Waals surface area contributed by atoms with Crippen LogP contribution in [0.15, 0.2) is 58.7 Å². The molecule has 0 aliphatic carbocycles. The molecular formula is C23H20BrClN4O3S. The average Bonchev–Trinajstić information content (AvgIpc) is 2.96. The fourth-order valence-electron chi connectivity index (χ4n) is 3.53. The van der Waals surface area contributed by atoms with E-state index in [9.17, 15) is 4.79 Å². The Morgan fingerprint density at radius 1 is 1.36 bits per heavy atom. The Bertz CT molecular complexity index is 1230. The Labute approximate surface area is 209 Å². The van der Waals surface area contributed by atoms with Crippen LogP contribution in [0.3, 0.4) is 0 Å². The van der Waals surface area contributed by atoms with Crippen LogP contribution in [-0.4, -0.2) is 34.0 Å². The van der Waals surface area contributed by atoms with E-state index in [-0.39, 0.29) is 18.2 Å². The van der Waals surface area contributed by atoms with Crippen LogP contribution in [0.2, 0.25) is 5.02 Å². The van der Waals surface area contributed by atoms with Crippen molar-refractivity contribution in [2.75, 3.05) is 17.8 Å². The van der Waals surface area contributed by atoms with Gasteiger partial charge in [0, 0.05) is 22.8 Å². The number of aromatic nitrogens is 3. The van der Waals surface area contributed by atoms with Crippen molar-refractivity contribution < 1.29 is 14.3 Å². The highest BCUT2D eigenvalue weighted by molar-refractivity contribution is 9.10. The Morgan fingerprint density at radius 3 is 2.88 bits per heavy atom. The second-order valence-corrected chi connectivity index (χ2v) is 9.24. The molecule has 10 heteroatoms. The van der Waals surface area contributed by atoms with Gasteiger partial charge in [0.05, 0.1) is 22.8 Å². The van der Waals surface area contributed by atoms with Gasteiger partial charge in [-0.1, -0.05) is 54.6 Å². The number of halogens is 2. The predicted octanol–water partition coefficient (Wildman–Crippen LogP) is 6.08. The van der Waals surface area contributed by atoms with Gasteiger partial charge in [0.2, 0.25) is 23.2 Å². The van der Waals surface area contributed by atoms with Crippen LogP contribution in [0.25, 0.3) is 11.3 Å². The maximum atomic E-state index is 13.3. The van der Waals surface area contributed by atoms with Crippen LogP contribution < -0.4 is 14.4 Å². The molecule has 0 bridgehead atoms. The fourth-order valence-corrected chi connectivity index (χ4v) is 5.04. The molecule has 7 nitrogen and oxygen atoms in total. The van der Waals surface area contributed by atoms with E-state index in [1.54, 1.807) is 37.1 Å². The van der Waals surface area contributed by atoms with Crippen molar-refractivity contribution in [3.63, 3.8) is 0 Å². The molecule has 1 aromatic heterocycles. The second-order valence-electron chi connectivity index (χ2n) is 6.96. The van der Waals surface area contributed by atoms with Crippen LogP contribution in [0.4, 0.5) is 5.69 Å². The van der Waals surface area contributed by atoms with Gasteiger partial charge in [-0.15, -0.1) is 16.8 Å². The maximum Gasteiger partial charge on any atom is 0.247 e. The first-order chi connectivity index (χ1) is 16.0. The number of hydrogen-bond acceptors (Lipinski definition) is 7. The quantitative estimate of drug-likeness (QED) is 0.274. The van der Waals surface area contributed by atoms with Gasteiger partial charge < -0.3 is 9.47 Å². The molecule has 0 fully saturated rings. The maximum absolute atomic E-state index is 13.3. The number of hydrogen-bond donors (Lipinski definition) is 0. The summed E-state index contributed by atoms with van der Waals surface area (Å²) in [6.45, 7) is 5.53. The molecule has 0 radical (unpaired) electrons. The van der Waals surface area contributed by atoms with Crippen molar-refractivity contribution in [3.8, 4) is 22.9 Å². The molecule has 0 saturated heterocycles. The number of amides is 1. The van der Waals surface area contributed by atoms with Gasteiger partial charge in [0.15, 0.2) is 5.69 Å². The number of anilines is 1. The standard InChI is InChI=1S/C23H20BrClN4O3S/c1-4-10-33-23-26-21-19(27-28-23)14-8-6-7-9-17(14)29(18(30)5-2)22(32-21)15-11-13(25)12-16(24)20(15)31-3/h4,6-9,11-12,22H,1,5,10H2,2-3H3/t22-/m0/s1. The lowest BCUT2D eigenvalue weighted by Gasteiger charge is -2.31. The van der Waals surface area contributed by atoms with Crippen molar-refractivity contribution in [2.24, 2.45) is 0 Å². The third kappa shape index (κ3) is 4.58. The van der Waals surface area contributed by atoms with Gasteiger partial charge in [-0.25, -0.2) is 0 Å². The number of para-hydroxylation sites is 1. The van der Waals surface area contributed by atoms with Crippen molar-refractivity contribution in [1.29, 1.82) is 0 Å². The Hall–Kier alpha value is -2.62. The van der Waals surface area contributed by atoms with E-state index in [1.807, 2.05) is 24.3 Å². The molecule has 1 aliphatic rings. The number of thioether (sulfide) groups is 1. The molecule has 0 unspecified atom stereocenters. The van der Waals surface area contributed by atoms with Crippen molar-refractivity contribution in [1.82, 2.24) is 15.2 Å². The average molecular weight is 548 g/mol. The summed E-state index contributed by atoms with van der Waals surface area (Å²) < 4.78 is 12.7. The number of rotatable bonds is 6. The number of fused-ring (bicyclic) bond motifs is 3. The summed E-state index contributed by atoms with van der Waals surface area (Å²) in [7, 11) is 1.55. The monoisotopic (exact) mass is 546 g/mol. The number of ether oxygens (including phenoxy) is 2. The molecule has 1 atom stereocenters. The van der Waals surface area contributed by atoms with E-state index in [2.05, 4.69) is 37.7 Å². The van der Waals surface area contributed by atoms with E-state index in [4.69, 9.17) is 21.1 Å². The minimum Gasteiger partial charge on any atom is -0.495 e. The molecule has 170 valence electrons. The van der Waals surface area contributed by atoms with E-state index in [0.29, 0.717) is 48.7 Å². The number of carbonyl (C=O) groups is 1. The lowest BCUT2D eigenvalue weighted by Crippen LogP contribution is -2.37. The van der Waals surface area contributed by atoms with Crippen LogP contribution >= 0.6 is 39.3 Å². The van der Waals surface area contributed by atoms with Gasteiger partial charge in [-0.3, -0.25) is 9.69 Å². The zero-order chi connectivity index (χ0) is 23.5. The molecule has 2 heterocycles. The Balaban J connectivity index is 1.99. The molecule has 1 amide bonds. The second kappa shape index (κ2) is 10.1. The van der Waals surface area contributed by atoms with E-state index < -0.39 is 6.23 Å². The highest BCUT2D eigenvalue weighted by Gasteiger charge is 2.37. The molecule has 0 spiro atoms. The molecule has 0 N–H and O–H groups in total. The van der Waals surface area contributed by atoms with Gasteiger partial charge >= 0.3 is 0 Å². The van der Waals surface area contributed by atoms with Gasteiger partial charge in [0.1, 0.15) is 5.75 Å². The third-order valence-corrected chi connectivity index (χ3v) is 6.56. The number of carbonyl (C=O) groups excluding carboxylic acids is 1. The summed E-state index contributed by atoms with van der Waals surface area (Å²) in [5, 5.41) is 9.55. The Kier molecular flexibility index (Phi) is 7.21. The smallest absolute Gasteiger partial charge is 0.247 e. The summed E-state index contributed by atoms with van der Waals surface area (Å²) in [5.41, 5.74) is 2.34. The lowest BCUT2D eigenvalue weighted by atomic mass is 10.1. The number of nitrogens with zero attached hydrogens (tertiary/aromatic N) is 4. The fraction of sp³-hybridized carbons (Fsp3) is 0.217. The SMILES string of the molecule is C=CCSc1nnc2c(n1)O[C@@H](c1cc(Cl)cc(Br)c1OC)N(C(=O)CC)c1ccccc1-2. The summed E-state index contributed by atoms with van der Waals surface area (Å²) in [4.78, 5) is 19.5. The summed E-state index contributed by atoms with van der Waals surface area (Å²) in [6, 6.07) is 10.9. The first-order valence-corrected chi connectivity index (χ1v) is 12.2. The van der Waals surface area contributed by atoms with Gasteiger partial charge in [0.25, 0.3) is 0 Å². The Morgan fingerprint density at radius 2 is 2.15 bits per heavy atom. The van der Waals surface area contributed by atoms with Crippen molar-refractivity contribution in [3.05, 3.63) is 64.1 Å². The first-order valence-electron chi connectivity index (χ1n) is 10.1. The first kappa shape index (κ1) is 23.5. The third-order valence-electron chi connectivity index (χ3n) is 4.92. The van der Waals surface area contributed by atoms with E-state index in [0.717, 1.165) is 0 Å². The minimum atomic E-state index is -0.904. The molecule has 2 aromatic carbocycles. The minimum absolute atomic E-state index is 0.146. The molecule has 4 rings (SSSR count). The normalized spacial score (nSPS) is 14.5. The highest BCUT2D eigenvalue weighted by Crippen LogP contribution is 2.46. The van der Waals surface area contributed by atoms with Crippen LogP contribution in [0, 0.1) is 0 Å². The molecule has 33 heavy (non-hydrogen) atoms. The largest absolute Gasteiger partial charge is 0.495 e. The zero-order valence-electron chi connectivity index (χ0n) is 17.9. The van der Waals surface area contributed by atoms with Gasteiger partial charge in [-0.05, 0) is 34.1 Å². The molecule has 3 aromatic rings. The molecule has 1 aliphatic heterocycles. The van der Waals surface area contributed by atoms with Crippen LogP contribution in [0.1, 0.15) is 25.1 Å². The van der Waals surface area contributed by atoms with Crippen molar-refractivity contribution >= 4 is 50.9 Å². The number of methoxy groups -OCH3 is 1. The van der Waals surface area contributed by atoms with Crippen LogP contribution in [0.5, 0.6) is 11.6 Å².